The Bertz CT molecular complexity index is 524. The number of ketones is 1. The number of hydrogen-bond acceptors (Lipinski definition) is 4. The Morgan fingerprint density at radius 3 is 2.59 bits per heavy atom. The molecule has 0 aromatic carbocycles. The highest BCUT2D eigenvalue weighted by Crippen LogP contribution is 2.37. The molecule has 0 radical (unpaired) electrons. The third-order valence-electron chi connectivity index (χ3n) is 5.59. The number of nitrogens with two attached hydrogens (primary N) is 1. The monoisotopic (exact) mass is 379 g/mol. The molecule has 1 unspecified atom stereocenters. The van der Waals surface area contributed by atoms with E-state index in [4.69, 9.17) is 10.8 Å². The van der Waals surface area contributed by atoms with Crippen molar-refractivity contribution >= 4 is 11.8 Å². The number of carboxylic acids is 1. The van der Waals surface area contributed by atoms with Gasteiger partial charge in [-0.05, 0) is 57.4 Å². The average Bonchev–Trinajstić information content (AvgIpc) is 2.92. The molecular formula is C22H37NO4. The summed E-state index contributed by atoms with van der Waals surface area (Å²) < 4.78 is 0. The molecule has 0 spiro atoms. The summed E-state index contributed by atoms with van der Waals surface area (Å²) in [5.41, 5.74) is 4.18. The van der Waals surface area contributed by atoms with E-state index < -0.39 is 11.6 Å². The molecule has 0 amide bonds. The molecule has 0 bridgehead atoms. The second kappa shape index (κ2) is 12.1. The summed E-state index contributed by atoms with van der Waals surface area (Å²) in [6.45, 7) is 4.03. The van der Waals surface area contributed by atoms with Crippen molar-refractivity contribution in [3.05, 3.63) is 24.3 Å². The minimum Gasteiger partial charge on any atom is -0.479 e. The number of carbonyl (C=O) groups is 2. The van der Waals surface area contributed by atoms with Gasteiger partial charge in [0, 0.05) is 12.3 Å². The van der Waals surface area contributed by atoms with Crippen molar-refractivity contribution in [1.82, 2.24) is 0 Å². The molecule has 0 aromatic heterocycles. The lowest BCUT2D eigenvalue weighted by molar-refractivity contribution is -0.157. The van der Waals surface area contributed by atoms with E-state index in [2.05, 4.69) is 19.1 Å². The molecular weight excluding hydrogens is 342 g/mol. The van der Waals surface area contributed by atoms with E-state index in [0.29, 0.717) is 25.8 Å². The molecule has 4 N–H and O–H groups in total. The number of aliphatic hydroxyl groups is 1. The van der Waals surface area contributed by atoms with Crippen LogP contribution >= 0.6 is 0 Å². The van der Waals surface area contributed by atoms with Crippen LogP contribution in [0.3, 0.4) is 0 Å². The fourth-order valence-corrected chi connectivity index (χ4v) is 3.68. The van der Waals surface area contributed by atoms with Crippen LogP contribution in [-0.2, 0) is 9.59 Å². The normalized spacial score (nSPS) is 25.5. The molecule has 5 heteroatoms. The molecule has 0 aromatic rings. The van der Waals surface area contributed by atoms with Gasteiger partial charge in [0.25, 0.3) is 0 Å². The Morgan fingerprint density at radius 2 is 1.96 bits per heavy atom. The van der Waals surface area contributed by atoms with Crippen LogP contribution in [0.25, 0.3) is 0 Å². The summed E-state index contributed by atoms with van der Waals surface area (Å²) in [5.74, 6) is -0.567. The van der Waals surface area contributed by atoms with Gasteiger partial charge in [-0.15, -0.1) is 0 Å². The lowest BCUT2D eigenvalue weighted by Crippen LogP contribution is -2.34. The highest BCUT2D eigenvalue weighted by molar-refractivity contribution is 5.84. The fourth-order valence-electron chi connectivity index (χ4n) is 3.68. The van der Waals surface area contributed by atoms with Gasteiger partial charge in [0.05, 0.1) is 0 Å². The second-order valence-electron chi connectivity index (χ2n) is 7.95. The van der Waals surface area contributed by atoms with Crippen molar-refractivity contribution in [3.63, 3.8) is 0 Å². The predicted octanol–water partition coefficient (Wildman–Crippen LogP) is 3.86. The maximum absolute atomic E-state index is 12.4. The molecule has 154 valence electrons. The van der Waals surface area contributed by atoms with Crippen molar-refractivity contribution < 1.29 is 19.8 Å². The first-order valence-electron chi connectivity index (χ1n) is 10.3. The Hall–Kier alpha value is -1.46. The van der Waals surface area contributed by atoms with Crippen LogP contribution in [0.2, 0.25) is 0 Å². The van der Waals surface area contributed by atoms with Crippen molar-refractivity contribution in [2.24, 2.45) is 23.5 Å². The summed E-state index contributed by atoms with van der Waals surface area (Å²) in [4.78, 5) is 23.3. The van der Waals surface area contributed by atoms with E-state index in [1.54, 1.807) is 0 Å². The van der Waals surface area contributed by atoms with E-state index in [1.807, 2.05) is 12.2 Å². The summed E-state index contributed by atoms with van der Waals surface area (Å²) >= 11 is 0. The molecule has 27 heavy (non-hydrogen) atoms. The van der Waals surface area contributed by atoms with Gasteiger partial charge in [-0.3, -0.25) is 4.79 Å². The summed E-state index contributed by atoms with van der Waals surface area (Å²) in [6, 6.07) is 0. The maximum Gasteiger partial charge on any atom is 0.335 e. The molecule has 1 aliphatic rings. The van der Waals surface area contributed by atoms with Gasteiger partial charge >= 0.3 is 5.97 Å². The van der Waals surface area contributed by atoms with E-state index in [1.165, 1.54) is 32.6 Å². The SMILES string of the molecule is CCCCCC/C=C/[C@H]1[C@H](CN)CC(=O)[C@@H]1C/C=C\CCC(C)(O)C(=O)O. The Morgan fingerprint density at radius 1 is 1.22 bits per heavy atom. The number of carboxylic acid groups (broad SMARTS) is 1. The van der Waals surface area contributed by atoms with Crippen molar-refractivity contribution in [3.8, 4) is 0 Å². The molecule has 0 aliphatic heterocycles. The molecule has 1 saturated carbocycles. The first-order valence-corrected chi connectivity index (χ1v) is 10.3. The fraction of sp³-hybridized carbons (Fsp3) is 0.727. The second-order valence-corrected chi connectivity index (χ2v) is 7.95. The zero-order valence-corrected chi connectivity index (χ0v) is 16.9. The van der Waals surface area contributed by atoms with E-state index in [0.717, 1.165) is 6.42 Å². The van der Waals surface area contributed by atoms with Gasteiger partial charge in [0.15, 0.2) is 5.60 Å². The Balaban J connectivity index is 2.54. The van der Waals surface area contributed by atoms with Gasteiger partial charge in [0.1, 0.15) is 5.78 Å². The van der Waals surface area contributed by atoms with Gasteiger partial charge < -0.3 is 15.9 Å². The molecule has 1 fully saturated rings. The number of rotatable bonds is 13. The van der Waals surface area contributed by atoms with Gasteiger partial charge in [0.2, 0.25) is 0 Å². The quantitative estimate of drug-likeness (QED) is 0.333. The largest absolute Gasteiger partial charge is 0.479 e. The van der Waals surface area contributed by atoms with E-state index in [9.17, 15) is 14.7 Å². The third kappa shape index (κ3) is 7.97. The minimum atomic E-state index is -1.71. The zero-order chi connectivity index (χ0) is 20.3. The average molecular weight is 380 g/mol. The van der Waals surface area contributed by atoms with Crippen molar-refractivity contribution in [1.29, 1.82) is 0 Å². The molecule has 4 atom stereocenters. The topological polar surface area (TPSA) is 101 Å². The van der Waals surface area contributed by atoms with Crippen LogP contribution in [-0.4, -0.2) is 34.1 Å². The maximum atomic E-state index is 12.4. The number of unbranched alkanes of at least 4 members (excludes halogenated alkanes) is 4. The smallest absolute Gasteiger partial charge is 0.335 e. The van der Waals surface area contributed by atoms with Gasteiger partial charge in [-0.2, -0.15) is 0 Å². The summed E-state index contributed by atoms with van der Waals surface area (Å²) in [5, 5.41) is 18.6. The molecule has 1 rings (SSSR count). The van der Waals surface area contributed by atoms with Crippen LogP contribution in [0.15, 0.2) is 24.3 Å². The number of allylic oxidation sites excluding steroid dienone is 4. The minimum absolute atomic E-state index is 0.0401. The third-order valence-corrected chi connectivity index (χ3v) is 5.59. The zero-order valence-electron chi connectivity index (χ0n) is 16.9. The van der Waals surface area contributed by atoms with E-state index in [-0.39, 0.29) is 30.0 Å². The van der Waals surface area contributed by atoms with Crippen LogP contribution in [0, 0.1) is 17.8 Å². The lowest BCUT2D eigenvalue weighted by atomic mass is 9.86. The highest BCUT2D eigenvalue weighted by Gasteiger charge is 2.39. The lowest BCUT2D eigenvalue weighted by Gasteiger charge is -2.19. The summed E-state index contributed by atoms with van der Waals surface area (Å²) in [6.07, 6.45) is 16.0. The van der Waals surface area contributed by atoms with Crippen LogP contribution < -0.4 is 5.73 Å². The van der Waals surface area contributed by atoms with Crippen molar-refractivity contribution in [2.45, 2.75) is 77.2 Å². The molecule has 5 nitrogen and oxygen atoms in total. The first-order chi connectivity index (χ1) is 12.8. The molecule has 1 aliphatic carbocycles. The van der Waals surface area contributed by atoms with Crippen LogP contribution in [0.1, 0.15) is 71.6 Å². The summed E-state index contributed by atoms with van der Waals surface area (Å²) in [7, 11) is 0. The van der Waals surface area contributed by atoms with E-state index >= 15 is 0 Å². The van der Waals surface area contributed by atoms with Crippen LogP contribution in [0.4, 0.5) is 0 Å². The Labute approximate surface area is 163 Å². The van der Waals surface area contributed by atoms with Crippen LogP contribution in [0.5, 0.6) is 0 Å². The standard InChI is InChI=1S/C22H37NO4/c1-3-4-5-6-7-9-12-18-17(16-23)15-20(24)19(18)13-10-8-11-14-22(2,27)21(25)26/h8-10,12,17-19,27H,3-7,11,13-16,23H2,1-2H3,(H,25,26)/b10-8-,12-9+/t17-,18-,19+,22?/m0/s1. The van der Waals surface area contributed by atoms with Gasteiger partial charge in [-0.1, -0.05) is 50.5 Å². The number of hydrogen-bond donors (Lipinski definition) is 3. The predicted molar refractivity (Wildman–Crippen MR) is 108 cm³/mol. The van der Waals surface area contributed by atoms with Crippen molar-refractivity contribution in [2.75, 3.05) is 6.54 Å². The molecule has 0 heterocycles. The van der Waals surface area contributed by atoms with Gasteiger partial charge in [-0.25, -0.2) is 4.79 Å². The Kier molecular flexibility index (Phi) is 10.6. The first kappa shape index (κ1) is 23.6. The highest BCUT2D eigenvalue weighted by atomic mass is 16.4. The molecule has 0 saturated heterocycles. The number of carbonyl (C=O) groups excluding carboxylic acids is 1. The number of Topliss-reactive ketones (excluding diaryl/α,β-unsaturated/α-hetero) is 1. The number of aliphatic carboxylic acids is 1.